The van der Waals surface area contributed by atoms with Gasteiger partial charge in [0.25, 0.3) is 11.6 Å². The molecular weight excluding hydrogens is 363 g/mol. The van der Waals surface area contributed by atoms with Crippen molar-refractivity contribution in [1.82, 2.24) is 15.5 Å². The SMILES string of the molecule is CC(C)c1noc2ncc(C(=O)NC3CCCC(OCC(F)(F)F)C3)cc12. The number of hydrogen-bond donors (Lipinski definition) is 1. The summed E-state index contributed by atoms with van der Waals surface area (Å²) in [5.41, 5.74) is 1.46. The van der Waals surface area contributed by atoms with E-state index in [0.717, 1.165) is 5.69 Å². The van der Waals surface area contributed by atoms with E-state index in [0.29, 0.717) is 42.3 Å². The Morgan fingerprint density at radius 3 is 2.89 bits per heavy atom. The van der Waals surface area contributed by atoms with Crippen LogP contribution < -0.4 is 5.32 Å². The minimum Gasteiger partial charge on any atom is -0.369 e. The van der Waals surface area contributed by atoms with Crippen LogP contribution in [0.1, 0.15) is 61.5 Å². The third-order valence-electron chi connectivity index (χ3n) is 4.61. The first-order valence-electron chi connectivity index (χ1n) is 8.97. The molecule has 9 heteroatoms. The predicted octanol–water partition coefficient (Wildman–Crippen LogP) is 3.97. The molecular formula is C18H22F3N3O3. The standard InChI is InChI=1S/C18H22F3N3O3/c1-10(2)15-14-6-11(8-22-17(14)27-24-15)16(25)23-12-4-3-5-13(7-12)26-9-18(19,20)21/h6,8,10,12-13H,3-5,7,9H2,1-2H3,(H,23,25). The van der Waals surface area contributed by atoms with Crippen LogP contribution in [0.25, 0.3) is 11.1 Å². The van der Waals surface area contributed by atoms with Crippen LogP contribution in [-0.2, 0) is 4.74 Å². The molecule has 1 N–H and O–H groups in total. The second kappa shape index (κ2) is 7.84. The summed E-state index contributed by atoms with van der Waals surface area (Å²) in [6.45, 7) is 2.67. The molecule has 1 aliphatic rings. The van der Waals surface area contributed by atoms with Gasteiger partial charge in [-0.05, 0) is 37.7 Å². The second-order valence-corrected chi connectivity index (χ2v) is 7.18. The van der Waals surface area contributed by atoms with Gasteiger partial charge in [-0.15, -0.1) is 0 Å². The maximum absolute atomic E-state index is 12.6. The summed E-state index contributed by atoms with van der Waals surface area (Å²) in [6.07, 6.45) is -1.10. The van der Waals surface area contributed by atoms with Crippen LogP contribution in [0, 0.1) is 0 Å². The van der Waals surface area contributed by atoms with Crippen molar-refractivity contribution in [3.8, 4) is 0 Å². The van der Waals surface area contributed by atoms with Crippen LogP contribution in [0.5, 0.6) is 0 Å². The number of aromatic nitrogens is 2. The number of ether oxygens (including phenoxy) is 1. The van der Waals surface area contributed by atoms with Gasteiger partial charge in [0.15, 0.2) is 0 Å². The van der Waals surface area contributed by atoms with Gasteiger partial charge in [-0.2, -0.15) is 13.2 Å². The van der Waals surface area contributed by atoms with Crippen LogP contribution >= 0.6 is 0 Å². The third-order valence-corrected chi connectivity index (χ3v) is 4.61. The highest BCUT2D eigenvalue weighted by molar-refractivity contribution is 5.97. The summed E-state index contributed by atoms with van der Waals surface area (Å²) in [7, 11) is 0. The minimum absolute atomic E-state index is 0.122. The number of alkyl halides is 3. The lowest BCUT2D eigenvalue weighted by atomic mass is 9.92. The van der Waals surface area contributed by atoms with Gasteiger partial charge >= 0.3 is 6.18 Å². The van der Waals surface area contributed by atoms with Crippen LogP contribution in [0.15, 0.2) is 16.8 Å². The first-order valence-corrected chi connectivity index (χ1v) is 8.97. The summed E-state index contributed by atoms with van der Waals surface area (Å²) >= 11 is 0. The van der Waals surface area contributed by atoms with E-state index in [1.54, 1.807) is 6.07 Å². The molecule has 27 heavy (non-hydrogen) atoms. The van der Waals surface area contributed by atoms with E-state index >= 15 is 0 Å². The Labute approximate surface area is 154 Å². The number of nitrogens with zero attached hydrogens (tertiary/aromatic N) is 2. The molecule has 0 aromatic carbocycles. The molecule has 2 unspecified atom stereocenters. The Hall–Kier alpha value is -2.16. The van der Waals surface area contributed by atoms with Crippen LogP contribution in [0.3, 0.4) is 0 Å². The summed E-state index contributed by atoms with van der Waals surface area (Å²) < 4.78 is 47.1. The summed E-state index contributed by atoms with van der Waals surface area (Å²) in [6, 6.07) is 1.46. The minimum atomic E-state index is -4.34. The topological polar surface area (TPSA) is 77.2 Å². The number of rotatable bonds is 5. The Balaban J connectivity index is 1.64. The fourth-order valence-corrected chi connectivity index (χ4v) is 3.30. The highest BCUT2D eigenvalue weighted by atomic mass is 19.4. The van der Waals surface area contributed by atoms with Crippen molar-refractivity contribution in [3.05, 3.63) is 23.5 Å². The number of carbonyl (C=O) groups is 1. The monoisotopic (exact) mass is 385 g/mol. The summed E-state index contributed by atoms with van der Waals surface area (Å²) in [4.78, 5) is 16.7. The van der Waals surface area contributed by atoms with Crippen molar-refractivity contribution in [2.75, 3.05) is 6.61 Å². The molecule has 148 valence electrons. The van der Waals surface area contributed by atoms with Gasteiger partial charge in [-0.3, -0.25) is 4.79 Å². The van der Waals surface area contributed by atoms with Crippen LogP contribution in [0.2, 0.25) is 0 Å². The summed E-state index contributed by atoms with van der Waals surface area (Å²) in [5.74, 6) is -0.196. The Morgan fingerprint density at radius 1 is 1.41 bits per heavy atom. The van der Waals surface area contributed by atoms with E-state index in [1.165, 1.54) is 6.20 Å². The molecule has 1 saturated carbocycles. The molecule has 1 amide bonds. The maximum Gasteiger partial charge on any atom is 0.411 e. The van der Waals surface area contributed by atoms with Crippen molar-refractivity contribution < 1.29 is 27.2 Å². The van der Waals surface area contributed by atoms with Gasteiger partial charge < -0.3 is 14.6 Å². The molecule has 0 bridgehead atoms. The quantitative estimate of drug-likeness (QED) is 0.843. The molecule has 2 atom stereocenters. The Kier molecular flexibility index (Phi) is 5.69. The molecule has 0 saturated heterocycles. The Morgan fingerprint density at radius 2 is 2.19 bits per heavy atom. The van der Waals surface area contributed by atoms with E-state index in [1.807, 2.05) is 13.8 Å². The van der Waals surface area contributed by atoms with E-state index in [9.17, 15) is 18.0 Å². The first-order chi connectivity index (χ1) is 12.7. The van der Waals surface area contributed by atoms with E-state index in [2.05, 4.69) is 15.5 Å². The molecule has 0 aliphatic heterocycles. The molecule has 0 radical (unpaired) electrons. The fraction of sp³-hybridized carbons (Fsp3) is 0.611. The largest absolute Gasteiger partial charge is 0.411 e. The average Bonchev–Trinajstić information content (AvgIpc) is 3.03. The Bertz CT molecular complexity index is 804. The van der Waals surface area contributed by atoms with Gasteiger partial charge in [0, 0.05) is 12.2 Å². The third kappa shape index (κ3) is 4.97. The predicted molar refractivity (Wildman–Crippen MR) is 91.4 cm³/mol. The van der Waals surface area contributed by atoms with Crippen molar-refractivity contribution in [2.24, 2.45) is 0 Å². The van der Waals surface area contributed by atoms with Crippen molar-refractivity contribution in [1.29, 1.82) is 0 Å². The maximum atomic E-state index is 12.6. The van der Waals surface area contributed by atoms with Gasteiger partial charge in [-0.1, -0.05) is 19.0 Å². The van der Waals surface area contributed by atoms with Gasteiger partial charge in [0.05, 0.1) is 22.7 Å². The van der Waals surface area contributed by atoms with Gasteiger partial charge in [-0.25, -0.2) is 4.98 Å². The van der Waals surface area contributed by atoms with Crippen molar-refractivity contribution >= 4 is 17.0 Å². The number of carbonyl (C=O) groups excluding carboxylic acids is 1. The summed E-state index contributed by atoms with van der Waals surface area (Å²) in [5, 5.41) is 7.55. The number of hydrogen-bond acceptors (Lipinski definition) is 5. The average molecular weight is 385 g/mol. The zero-order valence-corrected chi connectivity index (χ0v) is 15.2. The zero-order valence-electron chi connectivity index (χ0n) is 15.2. The molecule has 3 rings (SSSR count). The lowest BCUT2D eigenvalue weighted by Gasteiger charge is -2.30. The zero-order chi connectivity index (χ0) is 19.6. The lowest BCUT2D eigenvalue weighted by Crippen LogP contribution is -2.41. The lowest BCUT2D eigenvalue weighted by molar-refractivity contribution is -0.188. The molecule has 2 heterocycles. The second-order valence-electron chi connectivity index (χ2n) is 7.18. The van der Waals surface area contributed by atoms with Gasteiger partial charge in [0.2, 0.25) is 0 Å². The van der Waals surface area contributed by atoms with Crippen LogP contribution in [0.4, 0.5) is 13.2 Å². The van der Waals surface area contributed by atoms with Crippen molar-refractivity contribution in [3.63, 3.8) is 0 Å². The number of fused-ring (bicyclic) bond motifs is 1. The van der Waals surface area contributed by atoms with E-state index in [-0.39, 0.29) is 17.9 Å². The van der Waals surface area contributed by atoms with Gasteiger partial charge in [0.1, 0.15) is 6.61 Å². The van der Waals surface area contributed by atoms with E-state index < -0.39 is 18.9 Å². The molecule has 2 aromatic heterocycles. The smallest absolute Gasteiger partial charge is 0.369 e. The number of amides is 1. The molecule has 1 fully saturated rings. The highest BCUT2D eigenvalue weighted by Gasteiger charge is 2.31. The van der Waals surface area contributed by atoms with Crippen molar-refractivity contribution in [2.45, 2.75) is 63.8 Å². The van der Waals surface area contributed by atoms with E-state index in [4.69, 9.17) is 9.26 Å². The highest BCUT2D eigenvalue weighted by Crippen LogP contribution is 2.26. The van der Waals surface area contributed by atoms with Crippen LogP contribution in [-0.4, -0.2) is 41.0 Å². The number of nitrogens with one attached hydrogen (secondary N) is 1. The normalized spacial score (nSPS) is 21.0. The molecule has 6 nitrogen and oxygen atoms in total. The molecule has 1 aliphatic carbocycles. The molecule has 2 aromatic rings. The first kappa shape index (κ1) is 19.6. The number of halogens is 3. The fourth-order valence-electron chi connectivity index (χ4n) is 3.30. The number of pyridine rings is 1. The molecule has 0 spiro atoms.